The lowest BCUT2D eigenvalue weighted by atomic mass is 10.0. The van der Waals surface area contributed by atoms with Crippen LogP contribution in [0.1, 0.15) is 25.0 Å². The number of nitro benzene ring substituents is 2. The maximum absolute atomic E-state index is 11.2. The van der Waals surface area contributed by atoms with Gasteiger partial charge in [-0.2, -0.15) is 0 Å². The molecule has 0 saturated carbocycles. The zero-order chi connectivity index (χ0) is 15.3. The Kier molecular flexibility index (Phi) is 4.90. The molecule has 0 N–H and O–H groups in total. The molecule has 0 aromatic heterocycles. The maximum atomic E-state index is 11.2. The van der Waals surface area contributed by atoms with E-state index in [-0.39, 0.29) is 23.4 Å². The number of hydrogen-bond donors (Lipinski definition) is 0. The molecule has 0 aliphatic carbocycles. The van der Waals surface area contributed by atoms with Crippen LogP contribution in [-0.2, 0) is 9.53 Å². The van der Waals surface area contributed by atoms with Crippen molar-refractivity contribution in [3.05, 3.63) is 56.6 Å². The Morgan fingerprint density at radius 3 is 2.50 bits per heavy atom. The molecular weight excluding hydrogens is 268 g/mol. The van der Waals surface area contributed by atoms with E-state index in [0.717, 1.165) is 24.3 Å². The molecule has 1 atom stereocenters. The first-order valence-electron chi connectivity index (χ1n) is 5.66. The largest absolute Gasteiger partial charge is 0.454 e. The van der Waals surface area contributed by atoms with Gasteiger partial charge in [0.2, 0.25) is 0 Å². The zero-order valence-corrected chi connectivity index (χ0v) is 10.6. The highest BCUT2D eigenvalue weighted by Crippen LogP contribution is 2.33. The van der Waals surface area contributed by atoms with Gasteiger partial charge in [-0.15, -0.1) is 0 Å². The van der Waals surface area contributed by atoms with Crippen LogP contribution in [0.5, 0.6) is 0 Å². The third kappa shape index (κ3) is 3.37. The minimum absolute atomic E-state index is 0.0121. The number of nitro groups is 2. The standard InChI is InChI=1S/C12H12N2O6/c1-3-11(20-12(15)4-2)9-7-8(13(16)17)5-6-10(9)14(18)19/h4-7,11H,2-3H2,1H3. The van der Waals surface area contributed by atoms with Gasteiger partial charge in [-0.05, 0) is 6.42 Å². The summed E-state index contributed by atoms with van der Waals surface area (Å²) in [5, 5.41) is 21.7. The fraction of sp³-hybridized carbons (Fsp3) is 0.250. The molecule has 0 amide bonds. The molecule has 0 aliphatic heterocycles. The van der Waals surface area contributed by atoms with Crippen molar-refractivity contribution in [1.82, 2.24) is 0 Å². The van der Waals surface area contributed by atoms with Crippen LogP contribution in [0.25, 0.3) is 0 Å². The highest BCUT2D eigenvalue weighted by atomic mass is 16.6. The third-order valence-electron chi connectivity index (χ3n) is 2.56. The lowest BCUT2D eigenvalue weighted by Crippen LogP contribution is -2.11. The summed E-state index contributed by atoms with van der Waals surface area (Å²) in [6.07, 6.45) is 0.216. The number of carbonyl (C=O) groups excluding carboxylic acids is 1. The van der Waals surface area contributed by atoms with E-state index in [1.807, 2.05) is 0 Å². The van der Waals surface area contributed by atoms with Crippen molar-refractivity contribution in [3.63, 3.8) is 0 Å². The Bertz CT molecular complexity index is 569. The summed E-state index contributed by atoms with van der Waals surface area (Å²) in [4.78, 5) is 31.6. The molecule has 1 rings (SSSR count). The van der Waals surface area contributed by atoms with Crippen LogP contribution in [-0.4, -0.2) is 15.8 Å². The molecule has 8 heteroatoms. The van der Waals surface area contributed by atoms with E-state index in [4.69, 9.17) is 4.74 Å². The Labute approximate surface area is 114 Å². The van der Waals surface area contributed by atoms with Crippen molar-refractivity contribution in [2.75, 3.05) is 0 Å². The number of benzene rings is 1. The number of non-ortho nitro benzene ring substituents is 1. The van der Waals surface area contributed by atoms with E-state index in [9.17, 15) is 25.0 Å². The first kappa shape index (κ1) is 15.3. The highest BCUT2D eigenvalue weighted by Gasteiger charge is 2.26. The molecule has 0 fully saturated rings. The molecule has 0 saturated heterocycles. The molecule has 106 valence electrons. The molecule has 8 nitrogen and oxygen atoms in total. The van der Waals surface area contributed by atoms with Crippen LogP contribution < -0.4 is 0 Å². The molecule has 0 heterocycles. The number of rotatable bonds is 6. The summed E-state index contributed by atoms with van der Waals surface area (Å²) in [7, 11) is 0. The fourth-order valence-electron chi connectivity index (χ4n) is 1.63. The van der Waals surface area contributed by atoms with Crippen LogP contribution in [0.4, 0.5) is 11.4 Å². The number of carbonyl (C=O) groups is 1. The lowest BCUT2D eigenvalue weighted by Gasteiger charge is -2.15. The molecule has 0 aliphatic rings. The van der Waals surface area contributed by atoms with Gasteiger partial charge < -0.3 is 4.74 Å². The number of esters is 1. The highest BCUT2D eigenvalue weighted by molar-refractivity contribution is 5.81. The van der Waals surface area contributed by atoms with E-state index in [1.54, 1.807) is 6.92 Å². The van der Waals surface area contributed by atoms with Gasteiger partial charge in [-0.25, -0.2) is 4.79 Å². The first-order chi connectivity index (χ1) is 9.40. The first-order valence-corrected chi connectivity index (χ1v) is 5.66. The quantitative estimate of drug-likeness (QED) is 0.342. The van der Waals surface area contributed by atoms with Crippen LogP contribution in [0.15, 0.2) is 30.9 Å². The van der Waals surface area contributed by atoms with Crippen LogP contribution in [0.2, 0.25) is 0 Å². The Morgan fingerprint density at radius 1 is 1.40 bits per heavy atom. The second-order valence-electron chi connectivity index (χ2n) is 3.80. The Hall–Kier alpha value is -2.77. The van der Waals surface area contributed by atoms with Crippen molar-refractivity contribution < 1.29 is 19.4 Å². The van der Waals surface area contributed by atoms with Gasteiger partial charge in [0.05, 0.1) is 15.4 Å². The molecule has 1 unspecified atom stereocenters. The normalized spacial score (nSPS) is 11.4. The number of hydrogen-bond acceptors (Lipinski definition) is 6. The van der Waals surface area contributed by atoms with Gasteiger partial charge in [0, 0.05) is 24.3 Å². The monoisotopic (exact) mass is 280 g/mol. The van der Waals surface area contributed by atoms with E-state index in [1.165, 1.54) is 0 Å². The van der Waals surface area contributed by atoms with E-state index >= 15 is 0 Å². The zero-order valence-electron chi connectivity index (χ0n) is 10.6. The second-order valence-corrected chi connectivity index (χ2v) is 3.80. The summed E-state index contributed by atoms with van der Waals surface area (Å²) in [6, 6.07) is 3.10. The van der Waals surface area contributed by atoms with Crippen molar-refractivity contribution in [2.45, 2.75) is 19.4 Å². The number of ether oxygens (including phenoxy) is 1. The molecule has 1 aromatic carbocycles. The third-order valence-corrected chi connectivity index (χ3v) is 2.56. The van der Waals surface area contributed by atoms with Crippen LogP contribution in [0, 0.1) is 20.2 Å². The summed E-state index contributed by atoms with van der Waals surface area (Å²) in [5.74, 6) is -0.752. The van der Waals surface area contributed by atoms with E-state index < -0.39 is 21.9 Å². The van der Waals surface area contributed by atoms with Gasteiger partial charge in [-0.3, -0.25) is 20.2 Å². The predicted molar refractivity (Wildman–Crippen MR) is 69.1 cm³/mol. The van der Waals surface area contributed by atoms with Gasteiger partial charge in [0.15, 0.2) is 0 Å². The Balaban J connectivity index is 3.32. The van der Waals surface area contributed by atoms with E-state index in [0.29, 0.717) is 0 Å². The summed E-state index contributed by atoms with van der Waals surface area (Å²) < 4.78 is 4.98. The number of nitrogens with zero attached hydrogens (tertiary/aromatic N) is 2. The molecule has 0 bridgehead atoms. The average Bonchev–Trinajstić information content (AvgIpc) is 2.43. The van der Waals surface area contributed by atoms with Crippen LogP contribution in [0.3, 0.4) is 0 Å². The van der Waals surface area contributed by atoms with Gasteiger partial charge in [0.1, 0.15) is 6.10 Å². The smallest absolute Gasteiger partial charge is 0.330 e. The minimum atomic E-state index is -0.944. The molecule has 0 spiro atoms. The molecule has 0 radical (unpaired) electrons. The average molecular weight is 280 g/mol. The Morgan fingerprint density at radius 2 is 2.05 bits per heavy atom. The van der Waals surface area contributed by atoms with Crippen LogP contribution >= 0.6 is 0 Å². The summed E-state index contributed by atoms with van der Waals surface area (Å²) in [5.41, 5.74) is -0.653. The topological polar surface area (TPSA) is 113 Å². The minimum Gasteiger partial charge on any atom is -0.454 e. The van der Waals surface area contributed by atoms with Gasteiger partial charge >= 0.3 is 5.97 Å². The van der Waals surface area contributed by atoms with Crippen molar-refractivity contribution in [1.29, 1.82) is 0 Å². The van der Waals surface area contributed by atoms with Crippen molar-refractivity contribution in [2.24, 2.45) is 0 Å². The van der Waals surface area contributed by atoms with Crippen molar-refractivity contribution >= 4 is 17.3 Å². The maximum Gasteiger partial charge on any atom is 0.330 e. The van der Waals surface area contributed by atoms with E-state index in [2.05, 4.69) is 6.58 Å². The summed E-state index contributed by atoms with van der Waals surface area (Å²) in [6.45, 7) is 4.87. The molecular formula is C12H12N2O6. The summed E-state index contributed by atoms with van der Waals surface area (Å²) >= 11 is 0. The van der Waals surface area contributed by atoms with Gasteiger partial charge in [-0.1, -0.05) is 13.5 Å². The predicted octanol–water partition coefficient (Wildman–Crippen LogP) is 2.68. The van der Waals surface area contributed by atoms with Gasteiger partial charge in [0.25, 0.3) is 11.4 Å². The SMILES string of the molecule is C=CC(=O)OC(CC)c1cc([N+](=O)[O-])ccc1[N+](=O)[O-]. The lowest BCUT2D eigenvalue weighted by molar-refractivity contribution is -0.390. The molecule has 1 aromatic rings. The fourth-order valence-corrected chi connectivity index (χ4v) is 1.63. The van der Waals surface area contributed by atoms with Crippen molar-refractivity contribution in [3.8, 4) is 0 Å². The second kappa shape index (κ2) is 6.41. The molecule has 20 heavy (non-hydrogen) atoms.